The molecule has 0 saturated heterocycles. The Hall–Kier alpha value is -1.23. The molecular weight excluding hydrogens is 284 g/mol. The number of halogens is 1. The summed E-state index contributed by atoms with van der Waals surface area (Å²) >= 11 is 7.61. The molecule has 0 saturated carbocycles. The van der Waals surface area contributed by atoms with Crippen LogP contribution in [0.5, 0.6) is 11.5 Å². The van der Waals surface area contributed by atoms with Gasteiger partial charge < -0.3 is 14.6 Å². The fourth-order valence-corrected chi connectivity index (χ4v) is 2.70. The zero-order valence-corrected chi connectivity index (χ0v) is 12.1. The van der Waals surface area contributed by atoms with E-state index in [0.717, 1.165) is 6.42 Å². The molecular formula is C14H15ClO3S. The van der Waals surface area contributed by atoms with Gasteiger partial charge in [0.05, 0.1) is 20.3 Å². The van der Waals surface area contributed by atoms with Crippen molar-refractivity contribution >= 4 is 22.9 Å². The maximum Gasteiger partial charge on any atom is 0.166 e. The summed E-state index contributed by atoms with van der Waals surface area (Å²) in [7, 11) is 1.55. The molecule has 0 amide bonds. The maximum atomic E-state index is 9.35. The summed E-state index contributed by atoms with van der Waals surface area (Å²) in [6.45, 7) is 0.395. The van der Waals surface area contributed by atoms with Crippen molar-refractivity contribution in [2.24, 2.45) is 0 Å². The second-order valence-corrected chi connectivity index (χ2v) is 5.20. The molecule has 3 nitrogen and oxygen atoms in total. The van der Waals surface area contributed by atoms with E-state index in [0.29, 0.717) is 28.7 Å². The van der Waals surface area contributed by atoms with Crippen LogP contribution in [0.1, 0.15) is 11.1 Å². The molecule has 102 valence electrons. The van der Waals surface area contributed by atoms with Crippen molar-refractivity contribution in [2.45, 2.75) is 13.0 Å². The molecule has 2 rings (SSSR count). The summed E-state index contributed by atoms with van der Waals surface area (Å²) in [5, 5.41) is 14.0. The van der Waals surface area contributed by atoms with Gasteiger partial charge in [0.25, 0.3) is 0 Å². The molecule has 1 aromatic carbocycles. The maximum absolute atomic E-state index is 9.35. The lowest BCUT2D eigenvalue weighted by atomic mass is 10.2. The standard InChI is InChI=1S/C14H15ClO3S/c1-17-13-7-12(15)6-11(8-16)14(13)18-4-2-10-3-5-19-9-10/h3,5-7,9,16H,2,4,8H2,1H3. The summed E-state index contributed by atoms with van der Waals surface area (Å²) in [4.78, 5) is 0. The number of rotatable bonds is 6. The minimum Gasteiger partial charge on any atom is -0.493 e. The Kier molecular flexibility index (Phi) is 5.07. The molecule has 0 bridgehead atoms. The Labute approximate surface area is 121 Å². The molecule has 19 heavy (non-hydrogen) atoms. The first-order valence-electron chi connectivity index (χ1n) is 5.85. The first-order valence-corrected chi connectivity index (χ1v) is 7.18. The van der Waals surface area contributed by atoms with E-state index in [1.807, 2.05) is 5.38 Å². The van der Waals surface area contributed by atoms with Crippen molar-refractivity contribution in [3.8, 4) is 11.5 Å². The molecule has 5 heteroatoms. The zero-order chi connectivity index (χ0) is 13.7. The van der Waals surface area contributed by atoms with Crippen molar-refractivity contribution < 1.29 is 14.6 Å². The van der Waals surface area contributed by atoms with Crippen LogP contribution in [0.4, 0.5) is 0 Å². The smallest absolute Gasteiger partial charge is 0.166 e. The highest BCUT2D eigenvalue weighted by Gasteiger charge is 2.12. The van der Waals surface area contributed by atoms with Crippen LogP contribution in [0.2, 0.25) is 5.02 Å². The SMILES string of the molecule is COc1cc(Cl)cc(CO)c1OCCc1ccsc1. The first kappa shape index (κ1) is 14.2. The summed E-state index contributed by atoms with van der Waals surface area (Å²) < 4.78 is 11.0. The third-order valence-corrected chi connectivity index (χ3v) is 3.65. The number of hydrogen-bond acceptors (Lipinski definition) is 4. The average Bonchev–Trinajstić information content (AvgIpc) is 2.92. The topological polar surface area (TPSA) is 38.7 Å². The molecule has 0 radical (unpaired) electrons. The lowest BCUT2D eigenvalue weighted by Crippen LogP contribution is -2.04. The monoisotopic (exact) mass is 298 g/mol. The molecule has 0 aliphatic rings. The predicted molar refractivity (Wildman–Crippen MR) is 77.4 cm³/mol. The molecule has 0 unspecified atom stereocenters. The quantitative estimate of drug-likeness (QED) is 0.887. The number of aliphatic hydroxyl groups is 1. The lowest BCUT2D eigenvalue weighted by Gasteiger charge is -2.14. The normalized spacial score (nSPS) is 10.5. The summed E-state index contributed by atoms with van der Waals surface area (Å²) in [6, 6.07) is 5.44. The van der Waals surface area contributed by atoms with E-state index in [-0.39, 0.29) is 6.61 Å². The fourth-order valence-electron chi connectivity index (χ4n) is 1.76. The molecule has 0 atom stereocenters. The molecule has 1 aromatic heterocycles. The van der Waals surface area contributed by atoms with E-state index in [2.05, 4.69) is 11.4 Å². The predicted octanol–water partition coefficient (Wildman–Crippen LogP) is 3.52. The Morgan fingerprint density at radius 2 is 2.21 bits per heavy atom. The largest absolute Gasteiger partial charge is 0.493 e. The van der Waals surface area contributed by atoms with E-state index in [4.69, 9.17) is 21.1 Å². The van der Waals surface area contributed by atoms with Gasteiger partial charge in [-0.2, -0.15) is 11.3 Å². The Balaban J connectivity index is 2.09. The van der Waals surface area contributed by atoms with Crippen LogP contribution < -0.4 is 9.47 Å². The summed E-state index contributed by atoms with van der Waals surface area (Å²) in [5.74, 6) is 1.10. The molecule has 0 aliphatic heterocycles. The van der Waals surface area contributed by atoms with E-state index >= 15 is 0 Å². The van der Waals surface area contributed by atoms with Gasteiger partial charge in [0.1, 0.15) is 0 Å². The summed E-state index contributed by atoms with van der Waals surface area (Å²) in [6.07, 6.45) is 0.820. The minimum atomic E-state index is -0.134. The second kappa shape index (κ2) is 6.80. The average molecular weight is 299 g/mol. The summed E-state index contributed by atoms with van der Waals surface area (Å²) in [5.41, 5.74) is 1.87. The van der Waals surface area contributed by atoms with Gasteiger partial charge in [-0.15, -0.1) is 0 Å². The highest BCUT2D eigenvalue weighted by molar-refractivity contribution is 7.07. The number of thiophene rings is 1. The van der Waals surface area contributed by atoms with Crippen LogP contribution in [0.3, 0.4) is 0 Å². The lowest BCUT2D eigenvalue weighted by molar-refractivity contribution is 0.256. The van der Waals surface area contributed by atoms with Gasteiger partial charge in [-0.25, -0.2) is 0 Å². The molecule has 0 fully saturated rings. The van der Waals surface area contributed by atoms with Gasteiger partial charge in [-0.05, 0) is 28.5 Å². The minimum absolute atomic E-state index is 0.134. The van der Waals surface area contributed by atoms with Crippen LogP contribution in [0.15, 0.2) is 29.0 Å². The van der Waals surface area contributed by atoms with Crippen LogP contribution in [0.25, 0.3) is 0 Å². The molecule has 0 spiro atoms. The number of aliphatic hydroxyl groups excluding tert-OH is 1. The van der Waals surface area contributed by atoms with Gasteiger partial charge in [0, 0.05) is 23.1 Å². The van der Waals surface area contributed by atoms with Crippen molar-refractivity contribution in [3.63, 3.8) is 0 Å². The van der Waals surface area contributed by atoms with Crippen LogP contribution in [-0.2, 0) is 13.0 Å². The van der Waals surface area contributed by atoms with Gasteiger partial charge in [0.2, 0.25) is 0 Å². The molecule has 1 N–H and O–H groups in total. The fraction of sp³-hybridized carbons (Fsp3) is 0.286. The van der Waals surface area contributed by atoms with Gasteiger partial charge in [-0.3, -0.25) is 0 Å². The third kappa shape index (κ3) is 3.62. The van der Waals surface area contributed by atoms with Gasteiger partial charge >= 0.3 is 0 Å². The van der Waals surface area contributed by atoms with Crippen molar-refractivity contribution in [1.82, 2.24) is 0 Å². The number of benzene rings is 1. The van der Waals surface area contributed by atoms with Crippen molar-refractivity contribution in [2.75, 3.05) is 13.7 Å². The van der Waals surface area contributed by atoms with E-state index in [1.54, 1.807) is 30.6 Å². The number of ether oxygens (including phenoxy) is 2. The Morgan fingerprint density at radius 1 is 1.37 bits per heavy atom. The number of methoxy groups -OCH3 is 1. The van der Waals surface area contributed by atoms with Crippen LogP contribution in [0, 0.1) is 0 Å². The van der Waals surface area contributed by atoms with Crippen LogP contribution in [-0.4, -0.2) is 18.8 Å². The molecule has 0 aliphatic carbocycles. The van der Waals surface area contributed by atoms with E-state index < -0.39 is 0 Å². The highest BCUT2D eigenvalue weighted by Crippen LogP contribution is 2.34. The first-order chi connectivity index (χ1) is 9.24. The zero-order valence-electron chi connectivity index (χ0n) is 10.6. The van der Waals surface area contributed by atoms with Gasteiger partial charge in [0.15, 0.2) is 11.5 Å². The molecule has 2 aromatic rings. The van der Waals surface area contributed by atoms with Crippen molar-refractivity contribution in [1.29, 1.82) is 0 Å². The second-order valence-electron chi connectivity index (χ2n) is 3.98. The molecule has 1 heterocycles. The third-order valence-electron chi connectivity index (χ3n) is 2.70. The number of hydrogen-bond donors (Lipinski definition) is 1. The van der Waals surface area contributed by atoms with Gasteiger partial charge in [-0.1, -0.05) is 11.6 Å². The Morgan fingerprint density at radius 3 is 2.84 bits per heavy atom. The highest BCUT2D eigenvalue weighted by atomic mass is 35.5. The van der Waals surface area contributed by atoms with Crippen molar-refractivity contribution in [3.05, 3.63) is 45.1 Å². The van der Waals surface area contributed by atoms with Crippen LogP contribution >= 0.6 is 22.9 Å². The van der Waals surface area contributed by atoms with E-state index in [9.17, 15) is 5.11 Å². The van der Waals surface area contributed by atoms with E-state index in [1.165, 1.54) is 5.56 Å². The Bertz CT molecular complexity index is 500.